The molecular weight excluding hydrogens is 324 g/mol. The average Bonchev–Trinajstić information content (AvgIpc) is 2.67. The Morgan fingerprint density at radius 2 is 1.64 bits per heavy atom. The van der Waals surface area contributed by atoms with E-state index in [4.69, 9.17) is 0 Å². The molecule has 1 heterocycles. The molecule has 25 heavy (non-hydrogen) atoms. The molecule has 0 radical (unpaired) electrons. The molecule has 0 bridgehead atoms. The van der Waals surface area contributed by atoms with Crippen LogP contribution in [0.15, 0.2) is 36.0 Å². The molecule has 7 nitrogen and oxygen atoms in total. The summed E-state index contributed by atoms with van der Waals surface area (Å²) < 4.78 is 9.15. The second kappa shape index (κ2) is 8.86. The van der Waals surface area contributed by atoms with E-state index in [1.54, 1.807) is 24.3 Å². The van der Waals surface area contributed by atoms with Gasteiger partial charge in [0.2, 0.25) is 0 Å². The monoisotopic (exact) mass is 346 g/mol. The number of anilines is 1. The molecule has 1 aromatic carbocycles. The van der Waals surface area contributed by atoms with Gasteiger partial charge in [0.15, 0.2) is 0 Å². The molecule has 0 spiro atoms. The van der Waals surface area contributed by atoms with Gasteiger partial charge in [-0.1, -0.05) is 0 Å². The molecule has 1 N–H and O–H groups in total. The lowest BCUT2D eigenvalue weighted by molar-refractivity contribution is -0.138. The molecule has 1 saturated heterocycles. The van der Waals surface area contributed by atoms with Gasteiger partial charge < -0.3 is 19.7 Å². The number of methoxy groups -OCH3 is 2. The van der Waals surface area contributed by atoms with Gasteiger partial charge in [0.1, 0.15) is 5.70 Å². The summed E-state index contributed by atoms with van der Waals surface area (Å²) in [5.74, 6) is -1.37. The van der Waals surface area contributed by atoms with Crippen molar-refractivity contribution >= 4 is 23.5 Å². The summed E-state index contributed by atoms with van der Waals surface area (Å²) in [6.07, 6.45) is 4.24. The van der Waals surface area contributed by atoms with Crippen LogP contribution in [0.4, 0.5) is 5.69 Å². The van der Waals surface area contributed by atoms with E-state index in [1.807, 2.05) is 4.90 Å². The largest absolute Gasteiger partial charge is 0.466 e. The molecule has 134 valence electrons. The summed E-state index contributed by atoms with van der Waals surface area (Å²) >= 11 is 0. The highest BCUT2D eigenvalue weighted by Gasteiger charge is 2.18. The Balaban J connectivity index is 2.09. The van der Waals surface area contributed by atoms with Crippen molar-refractivity contribution in [3.05, 3.63) is 41.6 Å². The van der Waals surface area contributed by atoms with Crippen molar-refractivity contribution < 1.29 is 23.9 Å². The third-order valence-electron chi connectivity index (χ3n) is 3.92. The Hall–Kier alpha value is -2.83. The number of esters is 2. The zero-order valence-electron chi connectivity index (χ0n) is 14.4. The number of likely N-dealkylation sites (tertiary alicyclic amines) is 1. The minimum atomic E-state index is -0.695. The highest BCUT2D eigenvalue weighted by molar-refractivity contribution is 5.99. The number of ether oxygens (including phenoxy) is 2. The summed E-state index contributed by atoms with van der Waals surface area (Å²) in [5.41, 5.74) is 1.09. The lowest BCUT2D eigenvalue weighted by atomic mass is 10.1. The van der Waals surface area contributed by atoms with Crippen LogP contribution >= 0.6 is 0 Å². The SMILES string of the molecule is COC(=O)/C=C(/Nc1ccc(C(=O)N2CCCCC2)cc1)C(=O)OC. The maximum Gasteiger partial charge on any atom is 0.354 e. The van der Waals surface area contributed by atoms with Gasteiger partial charge in [0, 0.05) is 24.3 Å². The minimum Gasteiger partial charge on any atom is -0.466 e. The van der Waals surface area contributed by atoms with Gasteiger partial charge in [0.25, 0.3) is 5.91 Å². The van der Waals surface area contributed by atoms with Gasteiger partial charge in [0.05, 0.1) is 20.3 Å². The first-order valence-electron chi connectivity index (χ1n) is 8.09. The number of amides is 1. The van der Waals surface area contributed by atoms with Gasteiger partial charge >= 0.3 is 11.9 Å². The van der Waals surface area contributed by atoms with Gasteiger partial charge in [-0.25, -0.2) is 9.59 Å². The van der Waals surface area contributed by atoms with Gasteiger partial charge in [-0.3, -0.25) is 4.79 Å². The summed E-state index contributed by atoms with van der Waals surface area (Å²) in [7, 11) is 2.43. The van der Waals surface area contributed by atoms with E-state index in [0.29, 0.717) is 11.3 Å². The van der Waals surface area contributed by atoms with Gasteiger partial charge in [-0.05, 0) is 43.5 Å². The predicted molar refractivity (Wildman–Crippen MR) is 91.9 cm³/mol. The normalized spacial score (nSPS) is 14.6. The highest BCUT2D eigenvalue weighted by Crippen LogP contribution is 2.17. The predicted octanol–water partition coefficient (Wildman–Crippen LogP) is 1.95. The van der Waals surface area contributed by atoms with Crippen LogP contribution < -0.4 is 5.32 Å². The van der Waals surface area contributed by atoms with E-state index < -0.39 is 11.9 Å². The first-order chi connectivity index (χ1) is 12.0. The Morgan fingerprint density at radius 1 is 1.00 bits per heavy atom. The number of hydrogen-bond acceptors (Lipinski definition) is 6. The third kappa shape index (κ3) is 5.07. The lowest BCUT2D eigenvalue weighted by Crippen LogP contribution is -2.35. The van der Waals surface area contributed by atoms with Crippen LogP contribution in [-0.4, -0.2) is 50.1 Å². The zero-order chi connectivity index (χ0) is 18.2. The Bertz CT molecular complexity index is 661. The van der Waals surface area contributed by atoms with Crippen molar-refractivity contribution in [2.45, 2.75) is 19.3 Å². The Morgan fingerprint density at radius 3 is 2.20 bits per heavy atom. The van der Waals surface area contributed by atoms with Crippen molar-refractivity contribution in [2.24, 2.45) is 0 Å². The molecule has 1 amide bonds. The van der Waals surface area contributed by atoms with Gasteiger partial charge in [-0.2, -0.15) is 0 Å². The topological polar surface area (TPSA) is 84.9 Å². The van der Waals surface area contributed by atoms with Crippen molar-refractivity contribution in [1.82, 2.24) is 4.90 Å². The molecule has 0 aromatic heterocycles. The molecule has 0 saturated carbocycles. The number of rotatable bonds is 5. The van der Waals surface area contributed by atoms with Crippen LogP contribution in [0.1, 0.15) is 29.6 Å². The molecular formula is C18H22N2O5. The minimum absolute atomic E-state index is 0.00421. The molecule has 2 rings (SSSR count). The van der Waals surface area contributed by atoms with Gasteiger partial charge in [-0.15, -0.1) is 0 Å². The lowest BCUT2D eigenvalue weighted by Gasteiger charge is -2.26. The van der Waals surface area contributed by atoms with Crippen molar-refractivity contribution in [1.29, 1.82) is 0 Å². The Labute approximate surface area is 146 Å². The fraction of sp³-hybridized carbons (Fsp3) is 0.389. The number of nitrogens with zero attached hydrogens (tertiary/aromatic N) is 1. The highest BCUT2D eigenvalue weighted by atomic mass is 16.5. The fourth-order valence-electron chi connectivity index (χ4n) is 2.56. The summed E-state index contributed by atoms with van der Waals surface area (Å²) in [4.78, 5) is 37.4. The first kappa shape index (κ1) is 18.5. The molecule has 1 aromatic rings. The van der Waals surface area contributed by atoms with Crippen LogP contribution in [0.25, 0.3) is 0 Å². The second-order valence-electron chi connectivity index (χ2n) is 5.63. The van der Waals surface area contributed by atoms with Crippen LogP contribution in [-0.2, 0) is 19.1 Å². The first-order valence-corrected chi connectivity index (χ1v) is 8.09. The van der Waals surface area contributed by atoms with E-state index in [1.165, 1.54) is 14.2 Å². The maximum atomic E-state index is 12.4. The fourth-order valence-corrected chi connectivity index (χ4v) is 2.56. The number of hydrogen-bond donors (Lipinski definition) is 1. The molecule has 0 unspecified atom stereocenters. The molecule has 0 aliphatic carbocycles. The van der Waals surface area contributed by atoms with E-state index in [-0.39, 0.29) is 11.6 Å². The zero-order valence-corrected chi connectivity index (χ0v) is 14.4. The van der Waals surface area contributed by atoms with Crippen LogP contribution in [0.3, 0.4) is 0 Å². The number of benzene rings is 1. The summed E-state index contributed by atoms with van der Waals surface area (Å²) in [6, 6.07) is 6.72. The van der Waals surface area contributed by atoms with Crippen molar-refractivity contribution in [3.63, 3.8) is 0 Å². The van der Waals surface area contributed by atoms with E-state index in [2.05, 4.69) is 14.8 Å². The van der Waals surface area contributed by atoms with Crippen LogP contribution in [0.5, 0.6) is 0 Å². The van der Waals surface area contributed by atoms with Crippen molar-refractivity contribution in [2.75, 3.05) is 32.6 Å². The number of carbonyl (C=O) groups excluding carboxylic acids is 3. The molecule has 0 atom stereocenters. The number of nitrogens with one attached hydrogen (secondary N) is 1. The standard InChI is InChI=1S/C18H22N2O5/c1-24-16(21)12-15(18(23)25-2)19-14-8-6-13(7-9-14)17(22)20-10-4-3-5-11-20/h6-9,12,19H,3-5,10-11H2,1-2H3/b15-12+. The van der Waals surface area contributed by atoms with E-state index in [0.717, 1.165) is 38.4 Å². The average molecular weight is 346 g/mol. The number of piperidine rings is 1. The van der Waals surface area contributed by atoms with E-state index in [9.17, 15) is 14.4 Å². The molecule has 1 aliphatic rings. The van der Waals surface area contributed by atoms with E-state index >= 15 is 0 Å². The van der Waals surface area contributed by atoms with Crippen molar-refractivity contribution in [3.8, 4) is 0 Å². The molecule has 1 aliphatic heterocycles. The summed E-state index contributed by atoms with van der Waals surface area (Å²) in [6.45, 7) is 1.57. The molecule has 7 heteroatoms. The quantitative estimate of drug-likeness (QED) is 0.648. The second-order valence-corrected chi connectivity index (χ2v) is 5.63. The van der Waals surface area contributed by atoms with Crippen LogP contribution in [0, 0.1) is 0 Å². The Kier molecular flexibility index (Phi) is 6.56. The van der Waals surface area contributed by atoms with Crippen LogP contribution in [0.2, 0.25) is 0 Å². The maximum absolute atomic E-state index is 12.4. The summed E-state index contributed by atoms with van der Waals surface area (Å²) in [5, 5.41) is 2.80. The molecule has 1 fully saturated rings. The third-order valence-corrected chi connectivity index (χ3v) is 3.92. The number of carbonyl (C=O) groups is 3. The smallest absolute Gasteiger partial charge is 0.354 e.